The van der Waals surface area contributed by atoms with Crippen LogP contribution < -0.4 is 14.8 Å². The summed E-state index contributed by atoms with van der Waals surface area (Å²) >= 11 is 0. The van der Waals surface area contributed by atoms with E-state index in [9.17, 15) is 21.6 Å². The highest BCUT2D eigenvalue weighted by molar-refractivity contribution is 7.89. The van der Waals surface area contributed by atoms with Crippen LogP contribution >= 0.6 is 0 Å². The highest BCUT2D eigenvalue weighted by Gasteiger charge is 2.17. The third-order valence-electron chi connectivity index (χ3n) is 4.11. The van der Waals surface area contributed by atoms with Crippen LogP contribution in [0.4, 0.5) is 5.69 Å². The van der Waals surface area contributed by atoms with E-state index in [-0.39, 0.29) is 28.8 Å². The molecule has 0 aliphatic carbocycles. The zero-order valence-corrected chi connectivity index (χ0v) is 17.9. The molecule has 29 heavy (non-hydrogen) atoms. The van der Waals surface area contributed by atoms with Crippen LogP contribution in [0.5, 0.6) is 0 Å². The van der Waals surface area contributed by atoms with E-state index in [0.29, 0.717) is 12.1 Å². The maximum atomic E-state index is 12.2. The first-order chi connectivity index (χ1) is 13.6. The third kappa shape index (κ3) is 6.93. The normalized spacial score (nSPS) is 13.0. The first-order valence-electron chi connectivity index (χ1n) is 9.11. The number of anilines is 1. The van der Waals surface area contributed by atoms with Crippen LogP contribution in [0.3, 0.4) is 0 Å². The predicted octanol–water partition coefficient (Wildman–Crippen LogP) is 2.07. The monoisotopic (exact) mass is 439 g/mol. The number of hydrogen-bond acceptors (Lipinski definition) is 5. The van der Waals surface area contributed by atoms with E-state index in [4.69, 9.17) is 0 Å². The Kier molecular flexibility index (Phi) is 7.91. The first kappa shape index (κ1) is 23.0. The molecule has 0 spiro atoms. The molecule has 3 N–H and O–H groups in total. The standard InChI is InChI=1S/C19H25N3O5S2/c1-3-15(2)22-29(26,27)18-11-9-16(10-12-18)21-19(23)13-14-20-28(24,25)17-7-5-4-6-8-17/h4-12,15,20,22H,3,13-14H2,1-2H3,(H,21,23). The number of nitrogens with one attached hydrogen (secondary N) is 3. The summed E-state index contributed by atoms with van der Waals surface area (Å²) in [5, 5.41) is 2.61. The lowest BCUT2D eigenvalue weighted by atomic mass is 10.3. The fourth-order valence-corrected chi connectivity index (χ4v) is 4.72. The van der Waals surface area contributed by atoms with Crippen molar-refractivity contribution in [3.63, 3.8) is 0 Å². The van der Waals surface area contributed by atoms with Crippen LogP contribution in [0.15, 0.2) is 64.4 Å². The number of benzene rings is 2. The maximum absolute atomic E-state index is 12.2. The molecule has 2 rings (SSSR count). The van der Waals surface area contributed by atoms with Gasteiger partial charge in [-0.2, -0.15) is 0 Å². The van der Waals surface area contributed by atoms with E-state index in [2.05, 4.69) is 14.8 Å². The molecule has 2 aromatic rings. The molecule has 0 fully saturated rings. The highest BCUT2D eigenvalue weighted by Crippen LogP contribution is 2.15. The lowest BCUT2D eigenvalue weighted by Crippen LogP contribution is -2.32. The lowest BCUT2D eigenvalue weighted by Gasteiger charge is -2.12. The molecular weight excluding hydrogens is 414 g/mol. The van der Waals surface area contributed by atoms with Crippen molar-refractivity contribution in [3.05, 3.63) is 54.6 Å². The minimum absolute atomic E-state index is 0.0612. The van der Waals surface area contributed by atoms with Crippen LogP contribution in [0.25, 0.3) is 0 Å². The molecular formula is C19H25N3O5S2. The summed E-state index contributed by atoms with van der Waals surface area (Å²) in [4.78, 5) is 12.3. The van der Waals surface area contributed by atoms with Crippen molar-refractivity contribution in [1.82, 2.24) is 9.44 Å². The molecule has 0 saturated carbocycles. The topological polar surface area (TPSA) is 121 Å². The van der Waals surface area contributed by atoms with Crippen LogP contribution in [0.1, 0.15) is 26.7 Å². The molecule has 0 aliphatic heterocycles. The summed E-state index contributed by atoms with van der Waals surface area (Å²) < 4.78 is 53.6. The van der Waals surface area contributed by atoms with Crippen molar-refractivity contribution in [2.24, 2.45) is 0 Å². The Bertz CT molecular complexity index is 1020. The molecule has 0 bridgehead atoms. The molecule has 0 aromatic heterocycles. The second-order valence-electron chi connectivity index (χ2n) is 6.46. The van der Waals surface area contributed by atoms with Crippen LogP contribution in [-0.4, -0.2) is 35.3 Å². The van der Waals surface area contributed by atoms with Gasteiger partial charge in [-0.25, -0.2) is 26.3 Å². The average molecular weight is 440 g/mol. The van der Waals surface area contributed by atoms with Crippen molar-refractivity contribution < 1.29 is 21.6 Å². The molecule has 1 amide bonds. The number of hydrogen-bond donors (Lipinski definition) is 3. The number of carbonyl (C=O) groups excluding carboxylic acids is 1. The first-order valence-corrected chi connectivity index (χ1v) is 12.1. The molecule has 0 saturated heterocycles. The molecule has 0 heterocycles. The van der Waals surface area contributed by atoms with E-state index >= 15 is 0 Å². The zero-order valence-electron chi connectivity index (χ0n) is 16.3. The van der Waals surface area contributed by atoms with E-state index < -0.39 is 26.0 Å². The fraction of sp³-hybridized carbons (Fsp3) is 0.316. The van der Waals surface area contributed by atoms with Crippen LogP contribution in [0.2, 0.25) is 0 Å². The van der Waals surface area contributed by atoms with Crippen molar-refractivity contribution in [2.75, 3.05) is 11.9 Å². The van der Waals surface area contributed by atoms with Gasteiger partial charge in [0.25, 0.3) is 0 Å². The van der Waals surface area contributed by atoms with Gasteiger partial charge < -0.3 is 5.32 Å². The van der Waals surface area contributed by atoms with Crippen molar-refractivity contribution in [3.8, 4) is 0 Å². The van der Waals surface area contributed by atoms with Crippen molar-refractivity contribution >= 4 is 31.6 Å². The Morgan fingerprint density at radius 1 is 0.897 bits per heavy atom. The van der Waals surface area contributed by atoms with Gasteiger partial charge in [0, 0.05) is 24.7 Å². The number of rotatable bonds is 10. The fourth-order valence-electron chi connectivity index (χ4n) is 2.34. The highest BCUT2D eigenvalue weighted by atomic mass is 32.2. The van der Waals surface area contributed by atoms with E-state index in [0.717, 1.165) is 0 Å². The molecule has 1 atom stereocenters. The van der Waals surface area contributed by atoms with E-state index in [1.807, 2.05) is 6.92 Å². The number of carbonyl (C=O) groups is 1. The SMILES string of the molecule is CCC(C)NS(=O)(=O)c1ccc(NC(=O)CCNS(=O)(=O)c2ccccc2)cc1. The van der Waals surface area contributed by atoms with Gasteiger partial charge in [0.1, 0.15) is 0 Å². The summed E-state index contributed by atoms with van der Waals surface area (Å²) in [5.74, 6) is -0.394. The second kappa shape index (κ2) is 9.97. The van der Waals surface area contributed by atoms with Gasteiger partial charge in [-0.3, -0.25) is 4.79 Å². The summed E-state index contributed by atoms with van der Waals surface area (Å²) in [7, 11) is -7.28. The summed E-state index contributed by atoms with van der Waals surface area (Å²) in [6, 6.07) is 13.5. The van der Waals surface area contributed by atoms with Gasteiger partial charge in [0.05, 0.1) is 9.79 Å². The summed E-state index contributed by atoms with van der Waals surface area (Å²) in [5.41, 5.74) is 0.420. The molecule has 0 radical (unpaired) electrons. The largest absolute Gasteiger partial charge is 0.326 e. The van der Waals surface area contributed by atoms with Crippen LogP contribution in [0, 0.1) is 0 Å². The third-order valence-corrected chi connectivity index (χ3v) is 7.20. The van der Waals surface area contributed by atoms with Gasteiger partial charge in [-0.15, -0.1) is 0 Å². The molecule has 158 valence electrons. The Hall–Kier alpha value is -2.27. The minimum Gasteiger partial charge on any atom is -0.326 e. The predicted molar refractivity (Wildman–Crippen MR) is 111 cm³/mol. The zero-order chi connectivity index (χ0) is 21.5. The lowest BCUT2D eigenvalue weighted by molar-refractivity contribution is -0.116. The molecule has 10 heteroatoms. The molecule has 0 aliphatic rings. The van der Waals surface area contributed by atoms with Gasteiger partial charge >= 0.3 is 0 Å². The Balaban J connectivity index is 1.88. The molecule has 2 aromatic carbocycles. The quantitative estimate of drug-likeness (QED) is 0.523. The van der Waals surface area contributed by atoms with Gasteiger partial charge in [0.2, 0.25) is 26.0 Å². The van der Waals surface area contributed by atoms with Crippen molar-refractivity contribution in [1.29, 1.82) is 0 Å². The Morgan fingerprint density at radius 2 is 1.48 bits per heavy atom. The Morgan fingerprint density at radius 3 is 2.07 bits per heavy atom. The minimum atomic E-state index is -3.67. The summed E-state index contributed by atoms with van der Waals surface area (Å²) in [6.45, 7) is 3.60. The number of amides is 1. The van der Waals surface area contributed by atoms with Gasteiger partial charge in [-0.1, -0.05) is 25.1 Å². The summed E-state index contributed by atoms with van der Waals surface area (Å²) in [6.07, 6.45) is 0.600. The second-order valence-corrected chi connectivity index (χ2v) is 9.94. The maximum Gasteiger partial charge on any atom is 0.240 e. The van der Waals surface area contributed by atoms with Crippen molar-refractivity contribution in [2.45, 2.75) is 42.5 Å². The molecule has 8 nitrogen and oxygen atoms in total. The average Bonchev–Trinajstić information content (AvgIpc) is 2.68. The van der Waals surface area contributed by atoms with Gasteiger partial charge in [0.15, 0.2) is 0 Å². The van der Waals surface area contributed by atoms with E-state index in [1.165, 1.54) is 36.4 Å². The number of sulfonamides is 2. The Labute approximate surface area is 171 Å². The van der Waals surface area contributed by atoms with Gasteiger partial charge in [-0.05, 0) is 49.7 Å². The smallest absolute Gasteiger partial charge is 0.240 e. The molecule has 1 unspecified atom stereocenters. The van der Waals surface area contributed by atoms with Crippen LogP contribution in [-0.2, 0) is 24.8 Å². The van der Waals surface area contributed by atoms with E-state index in [1.54, 1.807) is 25.1 Å².